The largest absolute Gasteiger partial charge is 0.363 e. The van der Waals surface area contributed by atoms with Gasteiger partial charge in [0.1, 0.15) is 12.2 Å². The molecule has 0 aliphatic carbocycles. The van der Waals surface area contributed by atoms with Crippen LogP contribution in [0.2, 0.25) is 0 Å². The molecule has 0 saturated heterocycles. The highest BCUT2D eigenvalue weighted by atomic mass is 16.6. The van der Waals surface area contributed by atoms with Crippen molar-refractivity contribution in [2.45, 2.75) is 26.3 Å². The number of nitro groups is 1. The van der Waals surface area contributed by atoms with E-state index in [9.17, 15) is 10.1 Å². The molecule has 0 saturated carbocycles. The third-order valence-corrected chi connectivity index (χ3v) is 2.79. The Balaban J connectivity index is 2.00. The van der Waals surface area contributed by atoms with Gasteiger partial charge in [-0.15, -0.1) is 10.2 Å². The van der Waals surface area contributed by atoms with Gasteiger partial charge >= 0.3 is 5.69 Å². The predicted molar refractivity (Wildman–Crippen MR) is 73.5 cm³/mol. The van der Waals surface area contributed by atoms with Crippen molar-refractivity contribution in [3.63, 3.8) is 0 Å². The van der Waals surface area contributed by atoms with Crippen LogP contribution in [0, 0.1) is 10.1 Å². The summed E-state index contributed by atoms with van der Waals surface area (Å²) >= 11 is 0. The van der Waals surface area contributed by atoms with Crippen LogP contribution in [0.5, 0.6) is 0 Å². The fraction of sp³-hybridized carbons (Fsp3) is 0.417. The Hall–Kier alpha value is -2.51. The van der Waals surface area contributed by atoms with E-state index in [2.05, 4.69) is 20.5 Å². The van der Waals surface area contributed by atoms with E-state index in [1.165, 1.54) is 12.3 Å². The topological polar surface area (TPSA) is 98.8 Å². The predicted octanol–water partition coefficient (Wildman–Crippen LogP) is 1.82. The third-order valence-electron chi connectivity index (χ3n) is 2.79. The van der Waals surface area contributed by atoms with E-state index in [1.807, 2.05) is 18.4 Å². The minimum absolute atomic E-state index is 0.0275. The van der Waals surface area contributed by atoms with E-state index < -0.39 is 4.92 Å². The summed E-state index contributed by atoms with van der Waals surface area (Å²) in [5, 5.41) is 21.8. The van der Waals surface area contributed by atoms with Gasteiger partial charge in [-0.25, -0.2) is 4.98 Å². The summed E-state index contributed by atoms with van der Waals surface area (Å²) in [6.45, 7) is 5.21. The summed E-state index contributed by atoms with van der Waals surface area (Å²) in [5.41, 5.74) is -0.0275. The van der Waals surface area contributed by atoms with Gasteiger partial charge in [-0.1, -0.05) is 13.8 Å². The van der Waals surface area contributed by atoms with Crippen molar-refractivity contribution in [3.05, 3.63) is 40.6 Å². The maximum absolute atomic E-state index is 10.9. The number of rotatable bonds is 6. The minimum atomic E-state index is -0.451. The van der Waals surface area contributed by atoms with E-state index in [4.69, 9.17) is 0 Å². The van der Waals surface area contributed by atoms with Crippen molar-refractivity contribution in [2.75, 3.05) is 11.9 Å². The summed E-state index contributed by atoms with van der Waals surface area (Å²) in [6.07, 6.45) is 3.18. The Morgan fingerprint density at radius 3 is 3.00 bits per heavy atom. The number of anilines is 1. The Bertz CT molecular complexity index is 595. The van der Waals surface area contributed by atoms with Gasteiger partial charge in [0, 0.05) is 31.3 Å². The van der Waals surface area contributed by atoms with Gasteiger partial charge in [0.15, 0.2) is 0 Å². The lowest BCUT2D eigenvalue weighted by atomic mass is 10.2. The lowest BCUT2D eigenvalue weighted by molar-refractivity contribution is -0.384. The second-order valence-corrected chi connectivity index (χ2v) is 4.59. The molecule has 2 heterocycles. The Morgan fingerprint density at radius 2 is 2.30 bits per heavy atom. The zero-order chi connectivity index (χ0) is 14.5. The van der Waals surface area contributed by atoms with Crippen LogP contribution < -0.4 is 5.32 Å². The average Bonchev–Trinajstić information content (AvgIpc) is 2.87. The van der Waals surface area contributed by atoms with Crippen LogP contribution in [0.25, 0.3) is 0 Å². The van der Waals surface area contributed by atoms with Crippen molar-refractivity contribution in [3.8, 4) is 0 Å². The molecule has 20 heavy (non-hydrogen) atoms. The zero-order valence-electron chi connectivity index (χ0n) is 11.4. The maximum Gasteiger partial charge on any atom is 0.311 e. The first kappa shape index (κ1) is 13.9. The van der Waals surface area contributed by atoms with Crippen molar-refractivity contribution in [1.29, 1.82) is 0 Å². The fourth-order valence-electron chi connectivity index (χ4n) is 1.86. The summed E-state index contributed by atoms with van der Waals surface area (Å²) in [4.78, 5) is 14.4. The highest BCUT2D eigenvalue weighted by Gasteiger charge is 2.14. The van der Waals surface area contributed by atoms with Gasteiger partial charge in [0.2, 0.25) is 5.82 Å². The highest BCUT2D eigenvalue weighted by Crippen LogP contribution is 2.20. The Labute approximate surface area is 116 Å². The SMILES string of the molecule is CC(C)c1nncn1CCNc1ncccc1[N+](=O)[O-]. The van der Waals surface area contributed by atoms with Gasteiger partial charge < -0.3 is 9.88 Å². The molecule has 0 radical (unpaired) electrons. The van der Waals surface area contributed by atoms with Crippen LogP contribution in [-0.2, 0) is 6.54 Å². The summed E-state index contributed by atoms with van der Waals surface area (Å²) < 4.78 is 1.92. The molecule has 8 nitrogen and oxygen atoms in total. The second kappa shape index (κ2) is 6.09. The van der Waals surface area contributed by atoms with E-state index in [0.29, 0.717) is 13.1 Å². The van der Waals surface area contributed by atoms with Gasteiger partial charge in [-0.3, -0.25) is 10.1 Å². The molecule has 0 fully saturated rings. The smallest absolute Gasteiger partial charge is 0.311 e. The van der Waals surface area contributed by atoms with Crippen molar-refractivity contribution >= 4 is 11.5 Å². The van der Waals surface area contributed by atoms with E-state index in [0.717, 1.165) is 5.82 Å². The normalized spacial score (nSPS) is 10.8. The summed E-state index contributed by atoms with van der Waals surface area (Å²) in [5.74, 6) is 1.45. The number of nitrogens with zero attached hydrogens (tertiary/aromatic N) is 5. The van der Waals surface area contributed by atoms with Crippen LogP contribution in [0.1, 0.15) is 25.6 Å². The number of hydrogen-bond donors (Lipinski definition) is 1. The Morgan fingerprint density at radius 1 is 1.50 bits per heavy atom. The number of hydrogen-bond acceptors (Lipinski definition) is 6. The van der Waals surface area contributed by atoms with Crippen LogP contribution >= 0.6 is 0 Å². The average molecular weight is 276 g/mol. The second-order valence-electron chi connectivity index (χ2n) is 4.59. The van der Waals surface area contributed by atoms with Gasteiger partial charge in [0.25, 0.3) is 0 Å². The number of nitrogens with one attached hydrogen (secondary N) is 1. The van der Waals surface area contributed by atoms with Gasteiger partial charge in [0.05, 0.1) is 4.92 Å². The quantitative estimate of drug-likeness (QED) is 0.638. The van der Waals surface area contributed by atoms with Crippen LogP contribution in [-0.4, -0.2) is 31.2 Å². The highest BCUT2D eigenvalue weighted by molar-refractivity contribution is 5.54. The summed E-state index contributed by atoms with van der Waals surface area (Å²) in [6, 6.07) is 2.97. The molecule has 0 unspecified atom stereocenters. The van der Waals surface area contributed by atoms with Crippen molar-refractivity contribution in [2.24, 2.45) is 0 Å². The molecule has 106 valence electrons. The first-order valence-corrected chi connectivity index (χ1v) is 6.30. The van der Waals surface area contributed by atoms with Crippen LogP contribution in [0.3, 0.4) is 0 Å². The molecular weight excluding hydrogens is 260 g/mol. The number of pyridine rings is 1. The van der Waals surface area contributed by atoms with E-state index in [-0.39, 0.29) is 17.4 Å². The maximum atomic E-state index is 10.9. The molecule has 2 aromatic heterocycles. The van der Waals surface area contributed by atoms with Gasteiger partial charge in [-0.05, 0) is 6.07 Å². The first-order chi connectivity index (χ1) is 9.59. The molecule has 1 N–H and O–H groups in total. The molecule has 0 amide bonds. The van der Waals surface area contributed by atoms with Gasteiger partial charge in [-0.2, -0.15) is 0 Å². The first-order valence-electron chi connectivity index (χ1n) is 6.30. The molecule has 2 rings (SSSR count). The molecule has 0 aromatic carbocycles. The lowest BCUT2D eigenvalue weighted by Gasteiger charge is -2.10. The van der Waals surface area contributed by atoms with Crippen LogP contribution in [0.15, 0.2) is 24.7 Å². The molecule has 0 aliphatic rings. The van der Waals surface area contributed by atoms with Crippen molar-refractivity contribution < 1.29 is 4.92 Å². The zero-order valence-corrected chi connectivity index (χ0v) is 11.4. The molecule has 8 heteroatoms. The van der Waals surface area contributed by atoms with E-state index >= 15 is 0 Å². The molecule has 0 spiro atoms. The fourth-order valence-corrected chi connectivity index (χ4v) is 1.86. The monoisotopic (exact) mass is 276 g/mol. The molecule has 0 aliphatic heterocycles. The molecule has 0 bridgehead atoms. The number of aromatic nitrogens is 4. The third kappa shape index (κ3) is 3.08. The molecular formula is C12H16N6O2. The standard InChI is InChI=1S/C12H16N6O2/c1-9(2)12-16-15-8-17(12)7-6-14-11-10(18(19)20)4-3-5-13-11/h3-5,8-9H,6-7H2,1-2H3,(H,13,14). The van der Waals surface area contributed by atoms with Crippen LogP contribution in [0.4, 0.5) is 11.5 Å². The minimum Gasteiger partial charge on any atom is -0.363 e. The Kier molecular flexibility index (Phi) is 4.24. The lowest BCUT2D eigenvalue weighted by Crippen LogP contribution is -2.14. The van der Waals surface area contributed by atoms with Crippen molar-refractivity contribution in [1.82, 2.24) is 19.7 Å². The summed E-state index contributed by atoms with van der Waals surface area (Å²) in [7, 11) is 0. The molecule has 0 atom stereocenters. The molecule has 2 aromatic rings. The van der Waals surface area contributed by atoms with E-state index in [1.54, 1.807) is 12.4 Å².